The number of carbonyl (C=O) groups is 1. The van der Waals surface area contributed by atoms with Gasteiger partial charge in [0.2, 0.25) is 17.6 Å². The number of rotatable bonds is 6. The summed E-state index contributed by atoms with van der Waals surface area (Å²) < 4.78 is 10.6. The molecule has 0 saturated carbocycles. The van der Waals surface area contributed by atoms with Crippen LogP contribution < -0.4 is 5.32 Å². The predicted molar refractivity (Wildman–Crippen MR) is 94.5 cm³/mol. The van der Waals surface area contributed by atoms with E-state index in [4.69, 9.17) is 20.5 Å². The molecule has 0 aliphatic carbocycles. The molecule has 0 spiro atoms. The molecule has 1 saturated heterocycles. The third kappa shape index (κ3) is 3.79. The van der Waals surface area contributed by atoms with Gasteiger partial charge in [0.25, 0.3) is 0 Å². The van der Waals surface area contributed by atoms with Gasteiger partial charge in [-0.2, -0.15) is 4.98 Å². The molecule has 0 bridgehead atoms. The van der Waals surface area contributed by atoms with Crippen molar-refractivity contribution < 1.29 is 13.7 Å². The minimum absolute atomic E-state index is 0.0370. The summed E-state index contributed by atoms with van der Waals surface area (Å²) in [5.74, 6) is 1.96. The zero-order valence-corrected chi connectivity index (χ0v) is 14.6. The maximum atomic E-state index is 11.9. The Morgan fingerprint density at radius 3 is 2.96 bits per heavy atom. The number of halogens is 1. The molecule has 2 aromatic heterocycles. The van der Waals surface area contributed by atoms with Crippen LogP contribution in [-0.2, 0) is 11.3 Å². The van der Waals surface area contributed by atoms with Crippen molar-refractivity contribution in [3.8, 4) is 11.4 Å². The number of aromatic nitrogens is 2. The van der Waals surface area contributed by atoms with E-state index in [0.29, 0.717) is 42.9 Å². The lowest BCUT2D eigenvalue weighted by atomic mass is 10.0. The first-order valence-electron chi connectivity index (χ1n) is 8.28. The molecule has 0 radical (unpaired) electrons. The Morgan fingerprint density at radius 2 is 2.19 bits per heavy atom. The average molecular weight is 373 g/mol. The largest absolute Gasteiger partial charge is 0.467 e. The molecule has 1 N–H and O–H groups in total. The fraction of sp³-hybridized carbons (Fsp3) is 0.278. The van der Waals surface area contributed by atoms with Crippen LogP contribution in [0.15, 0.2) is 51.6 Å². The number of hydrogen-bond donors (Lipinski definition) is 1. The Kier molecular flexibility index (Phi) is 4.73. The predicted octanol–water partition coefficient (Wildman–Crippen LogP) is 2.70. The number of nitrogens with one attached hydrogen (secondary N) is 1. The van der Waals surface area contributed by atoms with E-state index in [1.54, 1.807) is 24.5 Å². The van der Waals surface area contributed by atoms with Crippen molar-refractivity contribution >= 4 is 17.5 Å². The lowest BCUT2D eigenvalue weighted by Gasteiger charge is -2.36. The van der Waals surface area contributed by atoms with E-state index in [1.165, 1.54) is 0 Å². The molecule has 7 nitrogen and oxygen atoms in total. The Labute approximate surface area is 154 Å². The zero-order valence-electron chi connectivity index (χ0n) is 13.9. The monoisotopic (exact) mass is 372 g/mol. The van der Waals surface area contributed by atoms with Crippen molar-refractivity contribution in [2.24, 2.45) is 0 Å². The van der Waals surface area contributed by atoms with Crippen LogP contribution in [0.25, 0.3) is 11.4 Å². The van der Waals surface area contributed by atoms with Gasteiger partial charge in [0.1, 0.15) is 5.76 Å². The molecule has 1 aromatic carbocycles. The van der Waals surface area contributed by atoms with Gasteiger partial charge in [0.15, 0.2) is 0 Å². The molecule has 0 atom stereocenters. The first-order chi connectivity index (χ1) is 12.7. The van der Waals surface area contributed by atoms with E-state index < -0.39 is 0 Å². The summed E-state index contributed by atoms with van der Waals surface area (Å²) in [7, 11) is 0. The number of carbonyl (C=O) groups excluding carboxylic acids is 1. The molecular weight excluding hydrogens is 356 g/mol. The summed E-state index contributed by atoms with van der Waals surface area (Å²) in [6, 6.07) is 11.0. The molecule has 1 fully saturated rings. The molecule has 8 heteroatoms. The fourth-order valence-corrected chi connectivity index (χ4v) is 3.05. The summed E-state index contributed by atoms with van der Waals surface area (Å²) in [4.78, 5) is 18.4. The van der Waals surface area contributed by atoms with E-state index in [-0.39, 0.29) is 11.8 Å². The third-order valence-electron chi connectivity index (χ3n) is 4.24. The van der Waals surface area contributed by atoms with Crippen LogP contribution in [0.5, 0.6) is 0 Å². The maximum Gasteiger partial charge on any atom is 0.234 e. The molecule has 3 heterocycles. The zero-order chi connectivity index (χ0) is 17.9. The van der Waals surface area contributed by atoms with Gasteiger partial charge in [-0.3, -0.25) is 9.69 Å². The fourth-order valence-electron chi connectivity index (χ4n) is 2.86. The lowest BCUT2D eigenvalue weighted by Crippen LogP contribution is -2.49. The smallest absolute Gasteiger partial charge is 0.234 e. The lowest BCUT2D eigenvalue weighted by molar-refractivity contribution is -0.123. The average Bonchev–Trinajstić information content (AvgIpc) is 3.27. The van der Waals surface area contributed by atoms with Crippen molar-refractivity contribution in [3.63, 3.8) is 0 Å². The van der Waals surface area contributed by atoms with Crippen LogP contribution in [0.1, 0.15) is 17.6 Å². The number of hydrogen-bond acceptors (Lipinski definition) is 6. The van der Waals surface area contributed by atoms with Crippen LogP contribution in [0.3, 0.4) is 0 Å². The maximum absolute atomic E-state index is 11.9. The first-order valence-corrected chi connectivity index (χ1v) is 8.66. The van der Waals surface area contributed by atoms with Crippen molar-refractivity contribution in [1.29, 1.82) is 0 Å². The second-order valence-corrected chi connectivity index (χ2v) is 6.65. The Hall–Kier alpha value is -2.64. The van der Waals surface area contributed by atoms with Crippen molar-refractivity contribution in [2.75, 3.05) is 19.6 Å². The van der Waals surface area contributed by atoms with Crippen LogP contribution in [0.4, 0.5) is 0 Å². The van der Waals surface area contributed by atoms with E-state index in [9.17, 15) is 4.79 Å². The molecule has 134 valence electrons. The number of likely N-dealkylation sites (tertiary alicyclic amines) is 1. The van der Waals surface area contributed by atoms with Gasteiger partial charge in [-0.05, 0) is 24.3 Å². The highest BCUT2D eigenvalue weighted by atomic mass is 35.5. The van der Waals surface area contributed by atoms with Gasteiger partial charge >= 0.3 is 0 Å². The summed E-state index contributed by atoms with van der Waals surface area (Å²) in [6.45, 7) is 2.17. The highest BCUT2D eigenvalue weighted by Crippen LogP contribution is 2.28. The second-order valence-electron chi connectivity index (χ2n) is 6.21. The Balaban J connectivity index is 1.26. The molecule has 26 heavy (non-hydrogen) atoms. The van der Waals surface area contributed by atoms with E-state index in [2.05, 4.69) is 15.5 Å². The van der Waals surface area contributed by atoms with E-state index in [1.807, 2.05) is 23.1 Å². The molecule has 3 aromatic rings. The van der Waals surface area contributed by atoms with Gasteiger partial charge in [0, 0.05) is 23.7 Å². The summed E-state index contributed by atoms with van der Waals surface area (Å²) in [6.07, 6.45) is 1.59. The molecule has 0 unspecified atom stereocenters. The quantitative estimate of drug-likeness (QED) is 0.716. The molecule has 1 amide bonds. The molecular formula is C18H17ClN4O3. The van der Waals surface area contributed by atoms with Crippen LogP contribution in [0, 0.1) is 0 Å². The van der Waals surface area contributed by atoms with Crippen LogP contribution in [0.2, 0.25) is 5.02 Å². The van der Waals surface area contributed by atoms with Gasteiger partial charge in [0.05, 0.1) is 25.3 Å². The second kappa shape index (κ2) is 7.31. The van der Waals surface area contributed by atoms with Crippen LogP contribution in [-0.4, -0.2) is 40.6 Å². The molecule has 1 aliphatic heterocycles. The minimum Gasteiger partial charge on any atom is -0.467 e. The summed E-state index contributed by atoms with van der Waals surface area (Å²) in [5, 5.41) is 7.48. The summed E-state index contributed by atoms with van der Waals surface area (Å²) in [5.41, 5.74) is 0.820. The van der Waals surface area contributed by atoms with Crippen molar-refractivity contribution in [2.45, 2.75) is 12.5 Å². The Morgan fingerprint density at radius 1 is 1.31 bits per heavy atom. The number of furan rings is 1. The van der Waals surface area contributed by atoms with Gasteiger partial charge in [-0.15, -0.1) is 0 Å². The van der Waals surface area contributed by atoms with Gasteiger partial charge in [-0.1, -0.05) is 28.9 Å². The summed E-state index contributed by atoms with van der Waals surface area (Å²) >= 11 is 5.99. The van der Waals surface area contributed by atoms with Crippen molar-refractivity contribution in [1.82, 2.24) is 20.4 Å². The van der Waals surface area contributed by atoms with Gasteiger partial charge in [-0.25, -0.2) is 0 Å². The highest BCUT2D eigenvalue weighted by Gasteiger charge is 2.33. The normalized spacial score (nSPS) is 15.0. The molecule has 4 rings (SSSR count). The van der Waals surface area contributed by atoms with E-state index in [0.717, 1.165) is 11.3 Å². The third-order valence-corrected chi connectivity index (χ3v) is 4.47. The van der Waals surface area contributed by atoms with E-state index >= 15 is 0 Å². The highest BCUT2D eigenvalue weighted by molar-refractivity contribution is 6.30. The van der Waals surface area contributed by atoms with Crippen LogP contribution >= 0.6 is 11.6 Å². The number of amides is 1. The standard InChI is InChI=1S/C18H17ClN4O3/c19-14-4-1-3-12(7-14)17-21-18(26-22-17)13-9-23(10-13)11-16(24)20-8-15-5-2-6-25-15/h1-7,13H,8-11H2,(H,20,24). The van der Waals surface area contributed by atoms with Gasteiger partial charge < -0.3 is 14.3 Å². The number of nitrogens with zero attached hydrogens (tertiary/aromatic N) is 3. The molecule has 1 aliphatic rings. The number of benzene rings is 1. The topological polar surface area (TPSA) is 84.4 Å². The minimum atomic E-state index is -0.0370. The Bertz CT molecular complexity index is 887. The SMILES string of the molecule is O=C(CN1CC(c2nc(-c3cccc(Cl)c3)no2)C1)NCc1ccco1. The van der Waals surface area contributed by atoms with Crippen molar-refractivity contribution in [3.05, 3.63) is 59.3 Å². The first kappa shape index (κ1) is 16.8.